The predicted octanol–water partition coefficient (Wildman–Crippen LogP) is 3.69. The molecule has 132 valence electrons. The fraction of sp³-hybridized carbons (Fsp3) is 0.222. The van der Waals surface area contributed by atoms with E-state index in [1.165, 1.54) is 7.11 Å². The second kappa shape index (κ2) is 9.30. The fourth-order valence-electron chi connectivity index (χ4n) is 2.22. The first-order chi connectivity index (χ1) is 12.0. The number of carbonyl (C=O) groups excluding carboxylic acids is 2. The first kappa shape index (κ1) is 19.1. The molecule has 2 amide bonds. The number of methoxy groups -OCH3 is 1. The van der Waals surface area contributed by atoms with E-state index in [1.807, 2.05) is 18.2 Å². The van der Waals surface area contributed by atoms with Crippen LogP contribution in [0.25, 0.3) is 0 Å². The molecule has 0 heterocycles. The minimum atomic E-state index is -0.444. The van der Waals surface area contributed by atoms with Gasteiger partial charge in [0.15, 0.2) is 0 Å². The molecule has 0 aliphatic heterocycles. The highest BCUT2D eigenvalue weighted by atomic mass is 35.5. The molecular weight excluding hydrogens is 363 g/mol. The Bertz CT molecular complexity index is 766. The maximum atomic E-state index is 12.0. The van der Waals surface area contributed by atoms with Crippen molar-refractivity contribution >= 4 is 40.7 Å². The van der Waals surface area contributed by atoms with Gasteiger partial charge >= 0.3 is 0 Å². The van der Waals surface area contributed by atoms with Gasteiger partial charge in [0.25, 0.3) is 0 Å². The van der Waals surface area contributed by atoms with Crippen molar-refractivity contribution in [2.24, 2.45) is 0 Å². The molecule has 25 heavy (non-hydrogen) atoms. The first-order valence-electron chi connectivity index (χ1n) is 7.62. The first-order valence-corrected chi connectivity index (χ1v) is 8.38. The van der Waals surface area contributed by atoms with Gasteiger partial charge in [-0.1, -0.05) is 35.3 Å². The zero-order valence-electron chi connectivity index (χ0n) is 13.6. The van der Waals surface area contributed by atoms with Crippen LogP contribution >= 0.6 is 23.2 Å². The molecule has 2 rings (SSSR count). The van der Waals surface area contributed by atoms with Crippen LogP contribution in [-0.2, 0) is 16.0 Å². The minimum Gasteiger partial charge on any atom is -0.495 e. The second-order valence-electron chi connectivity index (χ2n) is 5.30. The Kier molecular flexibility index (Phi) is 7.10. The van der Waals surface area contributed by atoms with E-state index in [0.717, 1.165) is 5.56 Å². The van der Waals surface area contributed by atoms with Crippen molar-refractivity contribution in [3.63, 3.8) is 0 Å². The number of halogens is 2. The Hall–Kier alpha value is -2.24. The molecule has 5 nitrogen and oxygen atoms in total. The van der Waals surface area contributed by atoms with Gasteiger partial charge in [0, 0.05) is 16.6 Å². The molecule has 7 heteroatoms. The molecule has 0 radical (unpaired) electrons. The number of anilines is 1. The third-order valence-electron chi connectivity index (χ3n) is 3.38. The molecule has 0 saturated carbocycles. The summed E-state index contributed by atoms with van der Waals surface area (Å²) in [6, 6.07) is 12.3. The Morgan fingerprint density at radius 3 is 2.52 bits per heavy atom. The third kappa shape index (κ3) is 6.29. The monoisotopic (exact) mass is 380 g/mol. The molecule has 0 unspecified atom stereocenters. The van der Waals surface area contributed by atoms with Crippen LogP contribution in [0.4, 0.5) is 5.69 Å². The number of ether oxygens (including phenoxy) is 1. The Morgan fingerprint density at radius 2 is 1.80 bits per heavy atom. The van der Waals surface area contributed by atoms with Gasteiger partial charge in [-0.2, -0.15) is 0 Å². The second-order valence-corrected chi connectivity index (χ2v) is 6.17. The van der Waals surface area contributed by atoms with Gasteiger partial charge < -0.3 is 15.4 Å². The van der Waals surface area contributed by atoms with Crippen LogP contribution in [0.3, 0.4) is 0 Å². The molecule has 0 bridgehead atoms. The van der Waals surface area contributed by atoms with Gasteiger partial charge in [0.1, 0.15) is 12.2 Å². The summed E-state index contributed by atoms with van der Waals surface area (Å²) in [5, 5.41) is 6.44. The van der Waals surface area contributed by atoms with Crippen molar-refractivity contribution in [2.75, 3.05) is 19.0 Å². The average Bonchev–Trinajstić information content (AvgIpc) is 2.55. The van der Waals surface area contributed by atoms with E-state index < -0.39 is 5.91 Å². The molecule has 0 aliphatic carbocycles. The van der Waals surface area contributed by atoms with Crippen LogP contribution in [0.1, 0.15) is 12.0 Å². The summed E-state index contributed by atoms with van der Waals surface area (Å²) in [6.07, 6.45) is 0.348. The average molecular weight is 381 g/mol. The molecular formula is C18H18Cl2N2O3. The van der Waals surface area contributed by atoms with E-state index in [1.54, 1.807) is 24.3 Å². The van der Waals surface area contributed by atoms with Crippen LogP contribution in [0, 0.1) is 0 Å². The molecule has 0 saturated heterocycles. The molecule has 0 aliphatic rings. The molecule has 2 N–H and O–H groups in total. The van der Waals surface area contributed by atoms with Gasteiger partial charge in [0.2, 0.25) is 11.8 Å². The lowest BCUT2D eigenvalue weighted by Gasteiger charge is -2.10. The largest absolute Gasteiger partial charge is 0.495 e. The summed E-state index contributed by atoms with van der Waals surface area (Å²) in [7, 11) is 1.49. The molecule has 0 spiro atoms. The third-order valence-corrected chi connectivity index (χ3v) is 3.85. The highest BCUT2D eigenvalue weighted by Crippen LogP contribution is 2.27. The van der Waals surface area contributed by atoms with Crippen LogP contribution < -0.4 is 15.4 Å². The van der Waals surface area contributed by atoms with Crippen molar-refractivity contribution in [2.45, 2.75) is 12.8 Å². The zero-order valence-corrected chi connectivity index (χ0v) is 15.2. The summed E-state index contributed by atoms with van der Waals surface area (Å²) in [5.41, 5.74) is 1.44. The topological polar surface area (TPSA) is 67.4 Å². The van der Waals surface area contributed by atoms with Crippen molar-refractivity contribution in [1.29, 1.82) is 0 Å². The minimum absolute atomic E-state index is 0.286. The van der Waals surface area contributed by atoms with E-state index in [4.69, 9.17) is 27.9 Å². The number of hydrogen-bond acceptors (Lipinski definition) is 3. The number of benzene rings is 2. The predicted molar refractivity (Wildman–Crippen MR) is 99.4 cm³/mol. The molecule has 2 aromatic carbocycles. The SMILES string of the molecule is COc1ccc(Cl)cc1NC(=O)CC(=O)NCCc1cccc(Cl)c1. The van der Waals surface area contributed by atoms with Crippen LogP contribution in [0.2, 0.25) is 10.0 Å². The van der Waals surface area contributed by atoms with E-state index in [2.05, 4.69) is 10.6 Å². The molecule has 0 aromatic heterocycles. The van der Waals surface area contributed by atoms with E-state index in [-0.39, 0.29) is 12.3 Å². The number of nitrogens with one attached hydrogen (secondary N) is 2. The number of amides is 2. The molecule has 0 fully saturated rings. The van der Waals surface area contributed by atoms with Gasteiger partial charge in [-0.15, -0.1) is 0 Å². The van der Waals surface area contributed by atoms with Crippen molar-refractivity contribution in [3.05, 3.63) is 58.1 Å². The van der Waals surface area contributed by atoms with Crippen molar-refractivity contribution in [3.8, 4) is 5.75 Å². The maximum Gasteiger partial charge on any atom is 0.233 e. The number of rotatable bonds is 7. The van der Waals surface area contributed by atoms with E-state index >= 15 is 0 Å². The van der Waals surface area contributed by atoms with Crippen molar-refractivity contribution in [1.82, 2.24) is 5.32 Å². The highest BCUT2D eigenvalue weighted by Gasteiger charge is 2.12. The Morgan fingerprint density at radius 1 is 1.04 bits per heavy atom. The van der Waals surface area contributed by atoms with Crippen LogP contribution in [0.5, 0.6) is 5.75 Å². The number of carbonyl (C=O) groups is 2. The quantitative estimate of drug-likeness (QED) is 0.719. The van der Waals surface area contributed by atoms with Gasteiger partial charge in [-0.05, 0) is 42.3 Å². The standard InChI is InChI=1S/C18H18Cl2N2O3/c1-25-16-6-5-14(20)10-15(16)22-18(24)11-17(23)21-8-7-12-3-2-4-13(19)9-12/h2-6,9-10H,7-8,11H2,1H3,(H,21,23)(H,22,24). The lowest BCUT2D eigenvalue weighted by Crippen LogP contribution is -2.29. The Balaban J connectivity index is 1.80. The maximum absolute atomic E-state index is 12.0. The lowest BCUT2D eigenvalue weighted by molar-refractivity contribution is -0.126. The highest BCUT2D eigenvalue weighted by molar-refractivity contribution is 6.31. The summed E-state index contributed by atoms with van der Waals surface area (Å²) < 4.78 is 5.15. The van der Waals surface area contributed by atoms with Crippen LogP contribution in [0.15, 0.2) is 42.5 Å². The van der Waals surface area contributed by atoms with Gasteiger partial charge in [-0.3, -0.25) is 9.59 Å². The molecule has 2 aromatic rings. The smallest absolute Gasteiger partial charge is 0.233 e. The van der Waals surface area contributed by atoms with Crippen LogP contribution in [-0.4, -0.2) is 25.5 Å². The zero-order chi connectivity index (χ0) is 18.2. The van der Waals surface area contributed by atoms with Gasteiger partial charge in [0.05, 0.1) is 12.8 Å². The van der Waals surface area contributed by atoms with Crippen molar-refractivity contribution < 1.29 is 14.3 Å². The summed E-state index contributed by atoms with van der Waals surface area (Å²) in [6.45, 7) is 0.424. The summed E-state index contributed by atoms with van der Waals surface area (Å²) >= 11 is 11.8. The number of hydrogen-bond donors (Lipinski definition) is 2. The van der Waals surface area contributed by atoms with E-state index in [9.17, 15) is 9.59 Å². The lowest BCUT2D eigenvalue weighted by atomic mass is 10.1. The molecule has 0 atom stereocenters. The summed E-state index contributed by atoms with van der Waals surface area (Å²) in [4.78, 5) is 23.9. The van der Waals surface area contributed by atoms with Gasteiger partial charge in [-0.25, -0.2) is 0 Å². The summed E-state index contributed by atoms with van der Waals surface area (Å²) in [5.74, 6) is -0.333. The van der Waals surface area contributed by atoms with E-state index in [0.29, 0.717) is 34.4 Å². The Labute approximate surface area is 156 Å². The normalized spacial score (nSPS) is 10.2. The fourth-order valence-corrected chi connectivity index (χ4v) is 2.60.